The number of benzene rings is 1. The third-order valence-corrected chi connectivity index (χ3v) is 8.85. The number of sulfonamides is 1. The summed E-state index contributed by atoms with van der Waals surface area (Å²) in [4.78, 5) is 25.6. The van der Waals surface area contributed by atoms with E-state index in [0.29, 0.717) is 10.6 Å². The quantitative estimate of drug-likeness (QED) is 0.559. The van der Waals surface area contributed by atoms with Gasteiger partial charge in [-0.2, -0.15) is 9.57 Å². The largest absolute Gasteiger partial charge is 0.452 e. The zero-order chi connectivity index (χ0) is 23.5. The Bertz CT molecular complexity index is 1200. The lowest BCUT2D eigenvalue weighted by Crippen LogP contribution is -2.31. The van der Waals surface area contributed by atoms with Gasteiger partial charge < -0.3 is 10.1 Å². The summed E-state index contributed by atoms with van der Waals surface area (Å²) in [6, 6.07) is 5.92. The predicted molar refractivity (Wildman–Crippen MR) is 122 cm³/mol. The normalized spacial score (nSPS) is 13.0. The lowest BCUT2D eigenvalue weighted by atomic mass is 10.1. The second kappa shape index (κ2) is 10.0. The summed E-state index contributed by atoms with van der Waals surface area (Å²) in [6.45, 7) is 3.33. The summed E-state index contributed by atoms with van der Waals surface area (Å²) in [6.07, 6.45) is 2.69. The van der Waals surface area contributed by atoms with Crippen LogP contribution in [0.25, 0.3) is 0 Å². The Balaban J connectivity index is 1.69. The number of rotatable bonds is 8. The number of esters is 1. The number of nitriles is 1. The first-order valence-corrected chi connectivity index (χ1v) is 12.7. The van der Waals surface area contributed by atoms with E-state index in [2.05, 4.69) is 11.4 Å². The van der Waals surface area contributed by atoms with Crippen molar-refractivity contribution in [2.75, 3.05) is 25.0 Å². The van der Waals surface area contributed by atoms with E-state index in [0.717, 1.165) is 35.8 Å². The molecule has 0 unspecified atom stereocenters. The van der Waals surface area contributed by atoms with Gasteiger partial charge in [-0.25, -0.2) is 13.2 Å². The second-order valence-electron chi connectivity index (χ2n) is 7.03. The third kappa shape index (κ3) is 4.81. The highest BCUT2D eigenvalue weighted by Crippen LogP contribution is 2.38. The SMILES string of the molecule is CCN(CC)S(=O)(=O)c1cc(C(=O)OCC(=O)Nc2sc3c(c2C#N)CCC3)ccc1Cl. The lowest BCUT2D eigenvalue weighted by molar-refractivity contribution is -0.119. The molecule has 8 nitrogen and oxygen atoms in total. The van der Waals surface area contributed by atoms with E-state index >= 15 is 0 Å². The van der Waals surface area contributed by atoms with Crippen molar-refractivity contribution >= 4 is 49.8 Å². The third-order valence-electron chi connectivity index (χ3n) is 5.11. The molecule has 11 heteroatoms. The second-order valence-corrected chi connectivity index (χ2v) is 10.5. The molecule has 1 amide bonds. The summed E-state index contributed by atoms with van der Waals surface area (Å²) in [5.74, 6) is -1.44. The van der Waals surface area contributed by atoms with Crippen LogP contribution in [0.5, 0.6) is 0 Å². The molecular weight excluding hydrogens is 474 g/mol. The highest BCUT2D eigenvalue weighted by molar-refractivity contribution is 7.89. The Morgan fingerprint density at radius 1 is 1.28 bits per heavy atom. The van der Waals surface area contributed by atoms with Crippen molar-refractivity contribution < 1.29 is 22.7 Å². The van der Waals surface area contributed by atoms with Crippen LogP contribution in [-0.4, -0.2) is 44.3 Å². The van der Waals surface area contributed by atoms with Crippen molar-refractivity contribution in [3.63, 3.8) is 0 Å². The summed E-state index contributed by atoms with van der Waals surface area (Å²) in [5.41, 5.74) is 1.40. The lowest BCUT2D eigenvalue weighted by Gasteiger charge is -2.19. The standard InChI is InChI=1S/C21H22ClN3O5S2/c1-3-25(4-2)32(28,29)18-10-13(8-9-16(18)22)21(27)30-12-19(26)24-20-15(11-23)14-6-5-7-17(14)31-20/h8-10H,3-7,12H2,1-2H3,(H,24,26). The number of nitrogens with zero attached hydrogens (tertiary/aromatic N) is 2. The van der Waals surface area contributed by atoms with Crippen LogP contribution in [-0.2, 0) is 32.4 Å². The maximum absolute atomic E-state index is 12.8. The summed E-state index contributed by atoms with van der Waals surface area (Å²) >= 11 is 7.44. The van der Waals surface area contributed by atoms with Gasteiger partial charge in [0.2, 0.25) is 10.0 Å². The monoisotopic (exact) mass is 495 g/mol. The molecule has 1 aliphatic rings. The van der Waals surface area contributed by atoms with Gasteiger partial charge >= 0.3 is 5.97 Å². The van der Waals surface area contributed by atoms with Crippen LogP contribution in [0, 0.1) is 11.3 Å². The molecule has 0 spiro atoms. The Morgan fingerprint density at radius 2 is 2.00 bits per heavy atom. The molecule has 1 N–H and O–H groups in total. The number of thiophene rings is 1. The van der Waals surface area contributed by atoms with Crippen LogP contribution in [0.3, 0.4) is 0 Å². The van der Waals surface area contributed by atoms with Crippen molar-refractivity contribution in [1.29, 1.82) is 5.26 Å². The molecule has 1 aromatic heterocycles. The molecule has 32 heavy (non-hydrogen) atoms. The van der Waals surface area contributed by atoms with E-state index < -0.39 is 28.5 Å². The number of carbonyl (C=O) groups is 2. The molecular formula is C21H22ClN3O5S2. The summed E-state index contributed by atoms with van der Waals surface area (Å²) < 4.78 is 31.8. The van der Waals surface area contributed by atoms with Gasteiger partial charge in [0.15, 0.2) is 6.61 Å². The molecule has 1 aliphatic carbocycles. The first-order valence-electron chi connectivity index (χ1n) is 10.0. The van der Waals surface area contributed by atoms with Crippen LogP contribution < -0.4 is 5.32 Å². The van der Waals surface area contributed by atoms with Crippen LogP contribution in [0.15, 0.2) is 23.1 Å². The molecule has 0 saturated carbocycles. The summed E-state index contributed by atoms with van der Waals surface area (Å²) in [7, 11) is -3.88. The molecule has 0 radical (unpaired) electrons. The molecule has 0 aliphatic heterocycles. The van der Waals surface area contributed by atoms with Gasteiger partial charge in [0.1, 0.15) is 16.0 Å². The molecule has 170 valence electrons. The van der Waals surface area contributed by atoms with Crippen molar-refractivity contribution in [3.05, 3.63) is 44.8 Å². The van der Waals surface area contributed by atoms with Gasteiger partial charge in [0, 0.05) is 18.0 Å². The predicted octanol–water partition coefficient (Wildman–Crippen LogP) is 3.59. The van der Waals surface area contributed by atoms with Gasteiger partial charge in [-0.3, -0.25) is 4.79 Å². The zero-order valence-corrected chi connectivity index (χ0v) is 20.0. The number of hydrogen-bond donors (Lipinski definition) is 1. The number of anilines is 1. The van der Waals surface area contributed by atoms with Crippen LogP contribution in [0.4, 0.5) is 5.00 Å². The minimum atomic E-state index is -3.88. The fourth-order valence-corrected chi connectivity index (χ4v) is 6.73. The van der Waals surface area contributed by atoms with E-state index in [1.54, 1.807) is 13.8 Å². The van der Waals surface area contributed by atoms with Crippen molar-refractivity contribution in [1.82, 2.24) is 4.31 Å². The first kappa shape index (κ1) is 24.2. The molecule has 0 saturated heterocycles. The van der Waals surface area contributed by atoms with Crippen molar-refractivity contribution in [2.24, 2.45) is 0 Å². The van der Waals surface area contributed by atoms with E-state index in [1.165, 1.54) is 27.8 Å². The zero-order valence-electron chi connectivity index (χ0n) is 17.6. The van der Waals surface area contributed by atoms with Crippen LogP contribution in [0.2, 0.25) is 5.02 Å². The van der Waals surface area contributed by atoms with Gasteiger partial charge in [0.25, 0.3) is 5.91 Å². The molecule has 0 fully saturated rings. The summed E-state index contributed by atoms with van der Waals surface area (Å²) in [5, 5.41) is 12.5. The average molecular weight is 496 g/mol. The highest BCUT2D eigenvalue weighted by atomic mass is 35.5. The molecule has 1 heterocycles. The van der Waals surface area contributed by atoms with Crippen molar-refractivity contribution in [2.45, 2.75) is 38.0 Å². The molecule has 0 bridgehead atoms. The molecule has 2 aromatic rings. The number of aryl methyl sites for hydroxylation is 1. The van der Waals surface area contributed by atoms with E-state index in [9.17, 15) is 23.3 Å². The maximum atomic E-state index is 12.8. The fourth-order valence-electron chi connectivity index (χ4n) is 3.52. The number of nitrogens with one attached hydrogen (secondary N) is 1. The number of halogens is 1. The minimum absolute atomic E-state index is 0.0130. The average Bonchev–Trinajstić information content (AvgIpc) is 3.33. The topological polar surface area (TPSA) is 117 Å². The van der Waals surface area contributed by atoms with Gasteiger partial charge in [-0.1, -0.05) is 25.4 Å². The van der Waals surface area contributed by atoms with Crippen LogP contribution in [0.1, 0.15) is 46.6 Å². The Labute approximate surface area is 195 Å². The Kier molecular flexibility index (Phi) is 7.56. The number of ether oxygens (including phenoxy) is 1. The van der Waals surface area contributed by atoms with E-state index in [-0.39, 0.29) is 28.6 Å². The van der Waals surface area contributed by atoms with E-state index in [1.807, 2.05) is 0 Å². The van der Waals surface area contributed by atoms with Crippen LogP contribution >= 0.6 is 22.9 Å². The highest BCUT2D eigenvalue weighted by Gasteiger charge is 2.26. The molecule has 0 atom stereocenters. The number of carbonyl (C=O) groups excluding carboxylic acids is 2. The minimum Gasteiger partial charge on any atom is -0.452 e. The van der Waals surface area contributed by atoms with Gasteiger partial charge in [-0.15, -0.1) is 11.3 Å². The number of amides is 1. The molecule has 1 aromatic carbocycles. The van der Waals surface area contributed by atoms with E-state index in [4.69, 9.17) is 16.3 Å². The number of fused-ring (bicyclic) bond motifs is 1. The first-order chi connectivity index (χ1) is 15.2. The van der Waals surface area contributed by atoms with Gasteiger partial charge in [-0.05, 0) is 43.0 Å². The van der Waals surface area contributed by atoms with Gasteiger partial charge in [0.05, 0.1) is 16.1 Å². The Hall–Kier alpha value is -2.45. The Morgan fingerprint density at radius 3 is 2.66 bits per heavy atom. The fraction of sp³-hybridized carbons (Fsp3) is 0.381. The smallest absolute Gasteiger partial charge is 0.338 e. The van der Waals surface area contributed by atoms with Crippen molar-refractivity contribution in [3.8, 4) is 6.07 Å². The number of hydrogen-bond acceptors (Lipinski definition) is 7. The molecule has 3 rings (SSSR count). The maximum Gasteiger partial charge on any atom is 0.338 e.